The van der Waals surface area contributed by atoms with Gasteiger partial charge in [0.05, 0.1) is 10.7 Å². The summed E-state index contributed by atoms with van der Waals surface area (Å²) in [6, 6.07) is 18.8. The Morgan fingerprint density at radius 1 is 0.932 bits per heavy atom. The summed E-state index contributed by atoms with van der Waals surface area (Å²) in [7, 11) is 0. The van der Waals surface area contributed by atoms with Crippen LogP contribution >= 0.6 is 11.6 Å². The van der Waals surface area contributed by atoms with E-state index in [2.05, 4.69) is 17.6 Å². The summed E-state index contributed by atoms with van der Waals surface area (Å²) >= 11 is 6.46. The van der Waals surface area contributed by atoms with Crippen molar-refractivity contribution in [3.63, 3.8) is 0 Å². The van der Waals surface area contributed by atoms with E-state index in [1.165, 1.54) is 11.0 Å². The van der Waals surface area contributed by atoms with Crippen molar-refractivity contribution in [3.8, 4) is 5.75 Å². The van der Waals surface area contributed by atoms with Gasteiger partial charge in [-0.2, -0.15) is 0 Å². The van der Waals surface area contributed by atoms with Crippen molar-refractivity contribution in [3.05, 3.63) is 94.5 Å². The number of rotatable bonds is 13. The van der Waals surface area contributed by atoms with Gasteiger partial charge >= 0.3 is 6.09 Å². The number of alkyl carbamates (subject to hydrolysis) is 1. The monoisotopic (exact) mass is 621 g/mol. The van der Waals surface area contributed by atoms with E-state index in [0.29, 0.717) is 17.1 Å². The Kier molecular flexibility index (Phi) is 12.6. The normalized spacial score (nSPS) is 12.6. The maximum Gasteiger partial charge on any atom is 0.408 e. The van der Waals surface area contributed by atoms with Crippen molar-refractivity contribution in [2.24, 2.45) is 0 Å². The van der Waals surface area contributed by atoms with Gasteiger partial charge in [0.25, 0.3) is 5.91 Å². The quantitative estimate of drug-likeness (QED) is 0.171. The van der Waals surface area contributed by atoms with Gasteiger partial charge in [-0.25, -0.2) is 4.79 Å². The minimum atomic E-state index is -1.22. The van der Waals surface area contributed by atoms with Crippen molar-refractivity contribution in [2.45, 2.75) is 84.4 Å². The first-order valence-corrected chi connectivity index (χ1v) is 15.5. The van der Waals surface area contributed by atoms with Crippen molar-refractivity contribution in [1.29, 1.82) is 0 Å². The second-order valence-electron chi connectivity index (χ2n) is 11.9. The number of ether oxygens (including phenoxy) is 1. The second-order valence-corrected chi connectivity index (χ2v) is 12.3. The van der Waals surface area contributed by atoms with Crippen LogP contribution in [0.1, 0.15) is 76.1 Å². The number of para-hydroxylation sites is 2. The standard InChI is InChI=1S/C35H44ClN3O5/c1-6-7-8-14-22-39(33(42)28(23-25-17-10-9-11-18-25)37-34(43)44-35(3,4)5)31(26-19-12-13-21-29(26)40)32(41)38-30-24(2)16-15-20-27(30)36/h9-13,15-21,28,31,40H,6-8,14,22-23H2,1-5H3,(H,37,43)(H,38,41). The van der Waals surface area contributed by atoms with Gasteiger partial charge in [0.2, 0.25) is 5.91 Å². The van der Waals surface area contributed by atoms with Gasteiger partial charge in [-0.3, -0.25) is 9.59 Å². The number of phenolic OH excluding ortho intramolecular Hbond substituents is 1. The van der Waals surface area contributed by atoms with Gasteiger partial charge in [0, 0.05) is 18.5 Å². The third-order valence-corrected chi connectivity index (χ3v) is 7.38. The lowest BCUT2D eigenvalue weighted by atomic mass is 9.98. The van der Waals surface area contributed by atoms with E-state index in [0.717, 1.165) is 30.4 Å². The van der Waals surface area contributed by atoms with E-state index in [4.69, 9.17) is 16.3 Å². The van der Waals surface area contributed by atoms with Crippen LogP contribution in [0.25, 0.3) is 0 Å². The first-order chi connectivity index (χ1) is 20.9. The van der Waals surface area contributed by atoms with E-state index in [9.17, 15) is 19.5 Å². The lowest BCUT2D eigenvalue weighted by Gasteiger charge is -2.35. The van der Waals surface area contributed by atoms with E-state index < -0.39 is 35.6 Å². The first-order valence-electron chi connectivity index (χ1n) is 15.1. The van der Waals surface area contributed by atoms with Crippen LogP contribution in [-0.2, 0) is 20.7 Å². The van der Waals surface area contributed by atoms with Gasteiger partial charge in [0.15, 0.2) is 0 Å². The molecule has 9 heteroatoms. The molecule has 0 aliphatic carbocycles. The average Bonchev–Trinajstić information content (AvgIpc) is 2.96. The Morgan fingerprint density at radius 2 is 1.61 bits per heavy atom. The van der Waals surface area contributed by atoms with Gasteiger partial charge in [0.1, 0.15) is 23.4 Å². The fraction of sp³-hybridized carbons (Fsp3) is 0.400. The minimum Gasteiger partial charge on any atom is -0.508 e. The number of phenols is 1. The van der Waals surface area contributed by atoms with Gasteiger partial charge in [-0.05, 0) is 57.4 Å². The summed E-state index contributed by atoms with van der Waals surface area (Å²) in [4.78, 5) is 43.3. The summed E-state index contributed by atoms with van der Waals surface area (Å²) in [6.07, 6.45) is 2.82. The molecular formula is C35H44ClN3O5. The molecule has 0 saturated heterocycles. The van der Waals surface area contributed by atoms with Crippen molar-refractivity contribution >= 4 is 35.2 Å². The molecule has 3 rings (SSSR count). The molecule has 0 aromatic heterocycles. The number of unbranched alkanes of at least 4 members (excludes halogenated alkanes) is 3. The SMILES string of the molecule is CCCCCCN(C(=O)C(Cc1ccccc1)NC(=O)OC(C)(C)C)C(C(=O)Nc1c(C)cccc1Cl)c1ccccc1O. The molecule has 0 radical (unpaired) electrons. The molecule has 0 heterocycles. The number of halogens is 1. The largest absolute Gasteiger partial charge is 0.508 e. The topological polar surface area (TPSA) is 108 Å². The Hall–Kier alpha value is -4.04. The number of aromatic hydroxyl groups is 1. The van der Waals surface area contributed by atoms with Crippen molar-refractivity contribution in [1.82, 2.24) is 10.2 Å². The predicted molar refractivity (Wildman–Crippen MR) is 175 cm³/mol. The molecule has 0 fully saturated rings. The minimum absolute atomic E-state index is 0.130. The number of amides is 3. The molecule has 3 aromatic rings. The molecule has 3 N–H and O–H groups in total. The van der Waals surface area contributed by atoms with Gasteiger partial charge in [-0.15, -0.1) is 0 Å². The van der Waals surface area contributed by atoms with Crippen molar-refractivity contribution in [2.75, 3.05) is 11.9 Å². The Morgan fingerprint density at radius 3 is 2.25 bits per heavy atom. The van der Waals surface area contributed by atoms with E-state index >= 15 is 0 Å². The zero-order valence-electron chi connectivity index (χ0n) is 26.2. The lowest BCUT2D eigenvalue weighted by Crippen LogP contribution is -2.53. The number of benzene rings is 3. The van der Waals surface area contributed by atoms with Crippen molar-refractivity contribution < 1.29 is 24.2 Å². The summed E-state index contributed by atoms with van der Waals surface area (Å²) < 4.78 is 5.51. The highest BCUT2D eigenvalue weighted by atomic mass is 35.5. The maximum absolute atomic E-state index is 14.6. The third-order valence-electron chi connectivity index (χ3n) is 7.07. The highest BCUT2D eigenvalue weighted by Crippen LogP contribution is 2.33. The molecule has 0 aliphatic rings. The average molecular weight is 622 g/mol. The highest BCUT2D eigenvalue weighted by molar-refractivity contribution is 6.34. The zero-order valence-corrected chi connectivity index (χ0v) is 27.0. The van der Waals surface area contributed by atoms with Gasteiger partial charge in [-0.1, -0.05) is 98.5 Å². The summed E-state index contributed by atoms with van der Waals surface area (Å²) in [6.45, 7) is 9.37. The van der Waals surface area contributed by atoms with E-state index in [1.54, 1.807) is 51.1 Å². The second kappa shape index (κ2) is 16.1. The first kappa shape index (κ1) is 34.5. The molecular weight excluding hydrogens is 578 g/mol. The van der Waals surface area contributed by atoms with E-state index in [-0.39, 0.29) is 24.3 Å². The van der Waals surface area contributed by atoms with Crippen LogP contribution in [-0.4, -0.2) is 46.1 Å². The highest BCUT2D eigenvalue weighted by Gasteiger charge is 2.37. The molecule has 2 atom stereocenters. The number of carbonyl (C=O) groups is 3. The molecule has 8 nitrogen and oxygen atoms in total. The number of nitrogens with one attached hydrogen (secondary N) is 2. The van der Waals surface area contributed by atoms with Crippen LogP contribution in [0.4, 0.5) is 10.5 Å². The Bertz CT molecular complexity index is 1390. The number of carbonyl (C=O) groups excluding carboxylic acids is 3. The van der Waals surface area contributed by atoms with Crippen LogP contribution in [0.2, 0.25) is 5.02 Å². The fourth-order valence-corrected chi connectivity index (χ4v) is 5.20. The molecule has 44 heavy (non-hydrogen) atoms. The fourth-order valence-electron chi connectivity index (χ4n) is 4.93. The molecule has 0 aliphatic heterocycles. The number of hydrogen-bond acceptors (Lipinski definition) is 5. The zero-order chi connectivity index (χ0) is 32.3. The number of nitrogens with zero attached hydrogens (tertiary/aromatic N) is 1. The predicted octanol–water partition coefficient (Wildman–Crippen LogP) is 7.58. The summed E-state index contributed by atoms with van der Waals surface area (Å²) in [5.41, 5.74) is 1.47. The lowest BCUT2D eigenvalue weighted by molar-refractivity contribution is -0.141. The van der Waals surface area contributed by atoms with Crippen LogP contribution in [0.3, 0.4) is 0 Å². The van der Waals surface area contributed by atoms with Crippen LogP contribution in [0.15, 0.2) is 72.8 Å². The molecule has 0 bridgehead atoms. The Balaban J connectivity index is 2.10. The van der Waals surface area contributed by atoms with Crippen LogP contribution < -0.4 is 10.6 Å². The third kappa shape index (κ3) is 10.0. The molecule has 0 spiro atoms. The Labute approximate surface area is 265 Å². The number of aryl methyl sites for hydroxylation is 1. The van der Waals surface area contributed by atoms with Gasteiger partial charge < -0.3 is 25.4 Å². The van der Waals surface area contributed by atoms with Crippen LogP contribution in [0, 0.1) is 6.92 Å². The number of anilines is 1. The smallest absolute Gasteiger partial charge is 0.408 e. The summed E-state index contributed by atoms with van der Waals surface area (Å²) in [5.74, 6) is -1.15. The molecule has 3 aromatic carbocycles. The molecule has 0 saturated carbocycles. The molecule has 2 unspecified atom stereocenters. The van der Waals surface area contributed by atoms with E-state index in [1.807, 2.05) is 43.3 Å². The number of hydrogen-bond donors (Lipinski definition) is 3. The van der Waals surface area contributed by atoms with Crippen LogP contribution in [0.5, 0.6) is 5.75 Å². The summed E-state index contributed by atoms with van der Waals surface area (Å²) in [5, 5.41) is 17.0. The maximum atomic E-state index is 14.6. The molecule has 236 valence electrons. The molecule has 3 amide bonds.